The van der Waals surface area contributed by atoms with Crippen LogP contribution >= 0.6 is 0 Å². The van der Waals surface area contributed by atoms with Gasteiger partial charge in [0.05, 0.1) is 6.54 Å². The minimum absolute atomic E-state index is 0.118. The summed E-state index contributed by atoms with van der Waals surface area (Å²) in [6, 6.07) is 0. The number of amides is 1. The summed E-state index contributed by atoms with van der Waals surface area (Å²) in [5, 5.41) is 6.94. The van der Waals surface area contributed by atoms with Gasteiger partial charge in [0.15, 0.2) is 5.82 Å². The molecule has 5 nitrogen and oxygen atoms in total. The van der Waals surface area contributed by atoms with E-state index in [0.717, 1.165) is 6.42 Å². The molecule has 1 N–H and O–H groups in total. The summed E-state index contributed by atoms with van der Waals surface area (Å²) in [4.78, 5) is 15.7. The van der Waals surface area contributed by atoms with Crippen LogP contribution in [0.5, 0.6) is 0 Å². The Balaban J connectivity index is 1.82. The van der Waals surface area contributed by atoms with Crippen molar-refractivity contribution < 1.29 is 4.79 Å². The molecular weight excluding hydrogens is 192 g/mol. The third-order valence-electron chi connectivity index (χ3n) is 2.90. The second kappa shape index (κ2) is 3.32. The molecule has 5 heteroatoms. The van der Waals surface area contributed by atoms with E-state index in [0.29, 0.717) is 12.4 Å². The first-order valence-electron chi connectivity index (χ1n) is 5.11. The first-order chi connectivity index (χ1) is 6.99. The fourth-order valence-corrected chi connectivity index (χ4v) is 1.67. The van der Waals surface area contributed by atoms with Crippen molar-refractivity contribution in [2.24, 2.45) is 18.4 Å². The predicted octanol–water partition coefficient (Wildman–Crippen LogP) is 0.477. The van der Waals surface area contributed by atoms with Crippen molar-refractivity contribution in [1.82, 2.24) is 20.1 Å². The van der Waals surface area contributed by atoms with Crippen LogP contribution in [0.1, 0.15) is 26.1 Å². The van der Waals surface area contributed by atoms with Gasteiger partial charge in [-0.25, -0.2) is 4.98 Å². The van der Waals surface area contributed by atoms with Gasteiger partial charge < -0.3 is 5.32 Å². The SMILES string of the molecule is Cn1cnc(CNC(=O)[C@H]2CC2(C)C)n1. The van der Waals surface area contributed by atoms with Crippen LogP contribution in [0.3, 0.4) is 0 Å². The largest absolute Gasteiger partial charge is 0.348 e. The van der Waals surface area contributed by atoms with Crippen LogP contribution in [0.2, 0.25) is 0 Å². The summed E-state index contributed by atoms with van der Waals surface area (Å²) in [5.41, 5.74) is 0.182. The topological polar surface area (TPSA) is 59.8 Å². The van der Waals surface area contributed by atoms with Crippen molar-refractivity contribution in [2.75, 3.05) is 0 Å². The molecule has 1 aliphatic rings. The molecule has 0 aromatic carbocycles. The zero-order chi connectivity index (χ0) is 11.1. The number of rotatable bonds is 3. The lowest BCUT2D eigenvalue weighted by molar-refractivity contribution is -0.123. The average molecular weight is 208 g/mol. The average Bonchev–Trinajstić information content (AvgIpc) is 2.59. The quantitative estimate of drug-likeness (QED) is 0.785. The maximum atomic E-state index is 11.6. The fraction of sp³-hybridized carbons (Fsp3) is 0.700. The molecule has 1 aliphatic carbocycles. The van der Waals surface area contributed by atoms with Gasteiger partial charge in [0, 0.05) is 13.0 Å². The zero-order valence-electron chi connectivity index (χ0n) is 9.32. The molecule has 1 atom stereocenters. The lowest BCUT2D eigenvalue weighted by atomic mass is 10.1. The van der Waals surface area contributed by atoms with Crippen LogP contribution < -0.4 is 5.32 Å². The van der Waals surface area contributed by atoms with Gasteiger partial charge in [-0.15, -0.1) is 0 Å². The van der Waals surface area contributed by atoms with E-state index in [2.05, 4.69) is 29.2 Å². The van der Waals surface area contributed by atoms with Crippen LogP contribution in [0, 0.1) is 11.3 Å². The number of hydrogen-bond acceptors (Lipinski definition) is 3. The summed E-state index contributed by atoms with van der Waals surface area (Å²) < 4.78 is 1.63. The van der Waals surface area contributed by atoms with E-state index in [1.807, 2.05) is 7.05 Å². The molecule has 1 fully saturated rings. The van der Waals surface area contributed by atoms with E-state index in [9.17, 15) is 4.79 Å². The molecule has 1 amide bonds. The van der Waals surface area contributed by atoms with E-state index < -0.39 is 0 Å². The molecule has 0 radical (unpaired) electrons. The molecule has 1 heterocycles. The Bertz CT molecular complexity index is 383. The minimum Gasteiger partial charge on any atom is -0.348 e. The van der Waals surface area contributed by atoms with Crippen molar-refractivity contribution >= 4 is 5.91 Å². The van der Waals surface area contributed by atoms with Crippen molar-refractivity contribution in [3.8, 4) is 0 Å². The van der Waals surface area contributed by atoms with Crippen LogP contribution in [0.25, 0.3) is 0 Å². The molecule has 1 aromatic heterocycles. The molecule has 1 aromatic rings. The summed E-state index contributed by atoms with van der Waals surface area (Å²) in [5.74, 6) is 0.943. The number of hydrogen-bond donors (Lipinski definition) is 1. The minimum atomic E-state index is 0.118. The molecule has 1 saturated carbocycles. The normalized spacial score (nSPS) is 22.5. The maximum Gasteiger partial charge on any atom is 0.224 e. The Morgan fingerprint density at radius 2 is 2.40 bits per heavy atom. The van der Waals surface area contributed by atoms with Gasteiger partial charge in [-0.05, 0) is 11.8 Å². The lowest BCUT2D eigenvalue weighted by Crippen LogP contribution is -2.26. The molecule has 0 aliphatic heterocycles. The lowest BCUT2D eigenvalue weighted by Gasteiger charge is -2.03. The van der Waals surface area contributed by atoms with E-state index in [1.165, 1.54) is 0 Å². The van der Waals surface area contributed by atoms with Gasteiger partial charge in [0.1, 0.15) is 6.33 Å². The van der Waals surface area contributed by atoms with Gasteiger partial charge in [-0.1, -0.05) is 13.8 Å². The Kier molecular flexibility index (Phi) is 2.25. The van der Waals surface area contributed by atoms with Crippen LogP contribution in [-0.2, 0) is 18.4 Å². The van der Waals surface area contributed by atoms with E-state index >= 15 is 0 Å². The summed E-state index contributed by atoms with van der Waals surface area (Å²) >= 11 is 0. The maximum absolute atomic E-state index is 11.6. The summed E-state index contributed by atoms with van der Waals surface area (Å²) in [7, 11) is 1.81. The predicted molar refractivity (Wildman–Crippen MR) is 54.7 cm³/mol. The molecule has 0 unspecified atom stereocenters. The standard InChI is InChI=1S/C10H16N4O/c1-10(2)4-7(10)9(15)11-5-8-12-6-14(3)13-8/h6-7H,4-5H2,1-3H3,(H,11,15)/t7-/m1/s1. The van der Waals surface area contributed by atoms with Crippen molar-refractivity contribution in [2.45, 2.75) is 26.8 Å². The molecule has 0 spiro atoms. The Hall–Kier alpha value is -1.39. The number of carbonyl (C=O) groups excluding carboxylic acids is 1. The highest BCUT2D eigenvalue weighted by atomic mass is 16.2. The number of aromatic nitrogens is 3. The number of carbonyl (C=O) groups is 1. The Morgan fingerprint density at radius 1 is 1.73 bits per heavy atom. The number of aryl methyl sites for hydroxylation is 1. The van der Waals surface area contributed by atoms with Gasteiger partial charge in [0.25, 0.3) is 0 Å². The molecule has 82 valence electrons. The second-order valence-electron chi connectivity index (χ2n) is 4.80. The fourth-order valence-electron chi connectivity index (χ4n) is 1.67. The highest BCUT2D eigenvalue weighted by Crippen LogP contribution is 2.51. The molecule has 2 rings (SSSR count). The first-order valence-corrected chi connectivity index (χ1v) is 5.11. The van der Waals surface area contributed by atoms with Crippen molar-refractivity contribution in [3.05, 3.63) is 12.2 Å². The van der Waals surface area contributed by atoms with Gasteiger partial charge in [0.2, 0.25) is 5.91 Å². The number of nitrogens with zero attached hydrogens (tertiary/aromatic N) is 3. The van der Waals surface area contributed by atoms with Gasteiger partial charge in [-0.2, -0.15) is 5.10 Å². The Morgan fingerprint density at radius 3 is 2.87 bits per heavy atom. The van der Waals surface area contributed by atoms with Crippen LogP contribution in [-0.4, -0.2) is 20.7 Å². The smallest absolute Gasteiger partial charge is 0.224 e. The molecule has 0 bridgehead atoms. The van der Waals surface area contributed by atoms with Gasteiger partial charge in [-0.3, -0.25) is 9.48 Å². The molecule has 15 heavy (non-hydrogen) atoms. The van der Waals surface area contributed by atoms with Crippen molar-refractivity contribution in [1.29, 1.82) is 0 Å². The second-order valence-corrected chi connectivity index (χ2v) is 4.80. The van der Waals surface area contributed by atoms with Crippen molar-refractivity contribution in [3.63, 3.8) is 0 Å². The highest BCUT2D eigenvalue weighted by Gasteiger charge is 2.50. The van der Waals surface area contributed by atoms with E-state index in [1.54, 1.807) is 11.0 Å². The monoisotopic (exact) mass is 208 g/mol. The zero-order valence-corrected chi connectivity index (χ0v) is 9.32. The summed E-state index contributed by atoms with van der Waals surface area (Å²) in [6.07, 6.45) is 2.61. The van der Waals surface area contributed by atoms with Crippen LogP contribution in [0.4, 0.5) is 0 Å². The Labute approximate surface area is 88.9 Å². The van der Waals surface area contributed by atoms with E-state index in [-0.39, 0.29) is 17.2 Å². The molecular formula is C10H16N4O. The van der Waals surface area contributed by atoms with E-state index in [4.69, 9.17) is 0 Å². The van der Waals surface area contributed by atoms with Crippen LogP contribution in [0.15, 0.2) is 6.33 Å². The molecule has 0 saturated heterocycles. The number of nitrogens with one attached hydrogen (secondary N) is 1. The highest BCUT2D eigenvalue weighted by molar-refractivity contribution is 5.82. The summed E-state index contributed by atoms with van der Waals surface area (Å²) in [6.45, 7) is 4.64. The first kappa shape index (κ1) is 10.1. The van der Waals surface area contributed by atoms with Gasteiger partial charge >= 0.3 is 0 Å². The third-order valence-corrected chi connectivity index (χ3v) is 2.90. The third kappa shape index (κ3) is 2.16.